The van der Waals surface area contributed by atoms with Gasteiger partial charge in [-0.25, -0.2) is 0 Å². The molecule has 0 atom stereocenters. The van der Waals surface area contributed by atoms with Gasteiger partial charge < -0.3 is 9.47 Å². The molecule has 1 saturated heterocycles. The third kappa shape index (κ3) is 5.01. The minimum Gasteiger partial charge on any atom is -0.497 e. The first-order chi connectivity index (χ1) is 15.0. The molecule has 0 radical (unpaired) electrons. The lowest BCUT2D eigenvalue weighted by Gasteiger charge is -2.14. The Balaban J connectivity index is 1.59. The number of nitrogens with zero attached hydrogens (tertiary/aromatic N) is 1. The second kappa shape index (κ2) is 9.68. The van der Waals surface area contributed by atoms with Gasteiger partial charge in [-0.15, -0.1) is 0 Å². The van der Waals surface area contributed by atoms with E-state index in [1.54, 1.807) is 19.2 Å². The molecule has 0 spiro atoms. The van der Waals surface area contributed by atoms with Crippen LogP contribution >= 0.6 is 39.9 Å². The predicted molar refractivity (Wildman–Crippen MR) is 134 cm³/mol. The van der Waals surface area contributed by atoms with Gasteiger partial charge in [0, 0.05) is 10.0 Å². The molecule has 1 amide bonds. The van der Waals surface area contributed by atoms with Crippen LogP contribution in [0, 0.1) is 0 Å². The van der Waals surface area contributed by atoms with Gasteiger partial charge in [0.1, 0.15) is 18.1 Å². The monoisotopic (exact) mass is 511 g/mol. The van der Waals surface area contributed by atoms with Crippen LogP contribution in [0.5, 0.6) is 11.5 Å². The first-order valence-corrected chi connectivity index (χ1v) is 11.5. The Hall–Kier alpha value is -2.61. The summed E-state index contributed by atoms with van der Waals surface area (Å²) in [6.07, 6.45) is 1.83. The highest BCUT2D eigenvalue weighted by atomic mass is 79.9. The standard InChI is InChI=1S/C24H18BrNO3S2/c1-28-20-10-8-19(9-11-20)26-23(27)22(31-24(26)30)14-17-13-18(25)7-12-21(17)29-15-16-5-3-2-4-6-16/h2-14H,15H2,1H3/b22-14+. The minimum atomic E-state index is -0.158. The van der Waals surface area contributed by atoms with Gasteiger partial charge in [-0.3, -0.25) is 9.69 Å². The molecular weight excluding hydrogens is 494 g/mol. The van der Waals surface area contributed by atoms with Gasteiger partial charge in [0.25, 0.3) is 5.91 Å². The molecule has 0 bridgehead atoms. The third-order valence-corrected chi connectivity index (χ3v) is 6.42. The van der Waals surface area contributed by atoms with Crippen molar-refractivity contribution < 1.29 is 14.3 Å². The Kier molecular flexibility index (Phi) is 6.75. The van der Waals surface area contributed by atoms with Crippen LogP contribution in [0.25, 0.3) is 6.08 Å². The summed E-state index contributed by atoms with van der Waals surface area (Å²) in [7, 11) is 1.60. The quantitative estimate of drug-likeness (QED) is 0.281. The summed E-state index contributed by atoms with van der Waals surface area (Å²) >= 11 is 10.3. The van der Waals surface area contributed by atoms with Crippen molar-refractivity contribution in [2.75, 3.05) is 12.0 Å². The van der Waals surface area contributed by atoms with Crippen LogP contribution in [0.3, 0.4) is 0 Å². The third-order valence-electron chi connectivity index (χ3n) is 4.62. The van der Waals surface area contributed by atoms with Crippen LogP contribution in [-0.2, 0) is 11.4 Å². The molecule has 0 saturated carbocycles. The zero-order valence-electron chi connectivity index (χ0n) is 16.6. The zero-order valence-corrected chi connectivity index (χ0v) is 19.8. The van der Waals surface area contributed by atoms with Crippen LogP contribution in [-0.4, -0.2) is 17.3 Å². The number of thioether (sulfide) groups is 1. The van der Waals surface area contributed by atoms with Crippen LogP contribution in [0.1, 0.15) is 11.1 Å². The topological polar surface area (TPSA) is 38.8 Å². The fourth-order valence-corrected chi connectivity index (χ4v) is 4.73. The molecule has 4 nitrogen and oxygen atoms in total. The van der Waals surface area contributed by atoms with Crippen LogP contribution in [0.2, 0.25) is 0 Å². The molecular formula is C24H18BrNO3S2. The number of benzene rings is 3. The van der Waals surface area contributed by atoms with E-state index in [2.05, 4.69) is 15.9 Å². The van der Waals surface area contributed by atoms with Crippen molar-refractivity contribution in [3.63, 3.8) is 0 Å². The molecule has 1 aliphatic heterocycles. The van der Waals surface area contributed by atoms with E-state index in [4.69, 9.17) is 21.7 Å². The van der Waals surface area contributed by atoms with Crippen molar-refractivity contribution in [1.82, 2.24) is 0 Å². The fourth-order valence-electron chi connectivity index (χ4n) is 3.06. The maximum absolute atomic E-state index is 13.1. The number of halogens is 1. The van der Waals surface area contributed by atoms with E-state index in [9.17, 15) is 4.79 Å². The van der Waals surface area contributed by atoms with Crippen LogP contribution in [0.4, 0.5) is 5.69 Å². The number of amides is 1. The second-order valence-corrected chi connectivity index (χ2v) is 9.26. The molecule has 0 unspecified atom stereocenters. The van der Waals surface area contributed by atoms with E-state index in [-0.39, 0.29) is 5.91 Å². The van der Waals surface area contributed by atoms with Gasteiger partial charge in [-0.05, 0) is 54.1 Å². The minimum absolute atomic E-state index is 0.158. The normalized spacial score (nSPS) is 14.9. The van der Waals surface area contributed by atoms with Crippen molar-refractivity contribution in [3.8, 4) is 11.5 Å². The van der Waals surface area contributed by atoms with Gasteiger partial charge in [0.05, 0.1) is 17.7 Å². The van der Waals surface area contributed by atoms with E-state index in [1.807, 2.05) is 66.7 Å². The highest BCUT2D eigenvalue weighted by molar-refractivity contribution is 9.10. The molecule has 1 aliphatic rings. The van der Waals surface area contributed by atoms with Crippen molar-refractivity contribution in [1.29, 1.82) is 0 Å². The van der Waals surface area contributed by atoms with Gasteiger partial charge in [-0.2, -0.15) is 0 Å². The van der Waals surface area contributed by atoms with Crippen molar-refractivity contribution >= 4 is 61.9 Å². The molecule has 0 aliphatic carbocycles. The number of thiocarbonyl (C=S) groups is 1. The average Bonchev–Trinajstić information content (AvgIpc) is 3.06. The second-order valence-electron chi connectivity index (χ2n) is 6.67. The predicted octanol–water partition coefficient (Wildman–Crippen LogP) is 6.44. The Morgan fingerprint density at radius 1 is 1.06 bits per heavy atom. The number of hydrogen-bond acceptors (Lipinski definition) is 5. The first-order valence-electron chi connectivity index (χ1n) is 9.43. The average molecular weight is 512 g/mol. The van der Waals surface area contributed by atoms with Crippen LogP contribution in [0.15, 0.2) is 82.2 Å². The highest BCUT2D eigenvalue weighted by Gasteiger charge is 2.33. The summed E-state index contributed by atoms with van der Waals surface area (Å²) in [5.41, 5.74) is 2.59. The Labute approximate surface area is 199 Å². The number of ether oxygens (including phenoxy) is 2. The summed E-state index contributed by atoms with van der Waals surface area (Å²) in [5.74, 6) is 1.26. The smallest absolute Gasteiger partial charge is 0.270 e. The van der Waals surface area contributed by atoms with Crippen LogP contribution < -0.4 is 14.4 Å². The summed E-state index contributed by atoms with van der Waals surface area (Å²) < 4.78 is 12.6. The number of hydrogen-bond donors (Lipinski definition) is 0. The van der Waals surface area contributed by atoms with Crippen molar-refractivity contribution in [2.45, 2.75) is 6.61 Å². The largest absolute Gasteiger partial charge is 0.497 e. The molecule has 31 heavy (non-hydrogen) atoms. The Morgan fingerprint density at radius 2 is 1.81 bits per heavy atom. The number of anilines is 1. The van der Waals surface area contributed by atoms with E-state index in [1.165, 1.54) is 16.7 Å². The Bertz CT molecular complexity index is 1150. The summed E-state index contributed by atoms with van der Waals surface area (Å²) in [4.78, 5) is 15.2. The summed E-state index contributed by atoms with van der Waals surface area (Å²) in [6.45, 7) is 0.441. The molecule has 7 heteroatoms. The number of rotatable bonds is 6. The lowest BCUT2D eigenvalue weighted by molar-refractivity contribution is -0.113. The molecule has 1 heterocycles. The molecule has 1 fully saturated rings. The SMILES string of the molecule is COc1ccc(N2C(=O)/C(=C\c3cc(Br)ccc3OCc3ccccc3)SC2=S)cc1. The van der Waals surface area contributed by atoms with E-state index < -0.39 is 0 Å². The Morgan fingerprint density at radius 3 is 2.52 bits per heavy atom. The number of carbonyl (C=O) groups is 1. The van der Waals surface area contributed by atoms with Gasteiger partial charge >= 0.3 is 0 Å². The van der Waals surface area contributed by atoms with E-state index in [0.29, 0.717) is 27.3 Å². The maximum atomic E-state index is 13.1. The molecule has 4 rings (SSSR count). The van der Waals surface area contributed by atoms with Gasteiger partial charge in [0.15, 0.2) is 4.32 Å². The fraction of sp³-hybridized carbons (Fsp3) is 0.0833. The first kappa shape index (κ1) is 21.6. The van der Waals surface area contributed by atoms with Gasteiger partial charge in [0.2, 0.25) is 0 Å². The zero-order chi connectivity index (χ0) is 21.8. The van der Waals surface area contributed by atoms with E-state index >= 15 is 0 Å². The van der Waals surface area contributed by atoms with Crippen molar-refractivity contribution in [2.24, 2.45) is 0 Å². The number of carbonyl (C=O) groups excluding carboxylic acids is 1. The molecule has 3 aromatic carbocycles. The summed E-state index contributed by atoms with van der Waals surface area (Å²) in [5, 5.41) is 0. The molecule has 0 N–H and O–H groups in total. The van der Waals surface area contributed by atoms with E-state index in [0.717, 1.165) is 21.3 Å². The molecule has 156 valence electrons. The number of methoxy groups -OCH3 is 1. The summed E-state index contributed by atoms with van der Waals surface area (Å²) in [6, 6.07) is 22.9. The lowest BCUT2D eigenvalue weighted by atomic mass is 10.1. The molecule has 3 aromatic rings. The lowest BCUT2D eigenvalue weighted by Crippen LogP contribution is -2.27. The van der Waals surface area contributed by atoms with Crippen molar-refractivity contribution in [3.05, 3.63) is 93.3 Å². The molecule has 0 aromatic heterocycles. The highest BCUT2D eigenvalue weighted by Crippen LogP contribution is 2.38. The van der Waals surface area contributed by atoms with Gasteiger partial charge in [-0.1, -0.05) is 70.2 Å². The maximum Gasteiger partial charge on any atom is 0.270 e.